The molecule has 0 spiro atoms. The molecule has 0 saturated heterocycles. The summed E-state index contributed by atoms with van der Waals surface area (Å²) in [6, 6.07) is 4.40. The number of rotatable bonds is 3. The second kappa shape index (κ2) is 4.18. The van der Waals surface area contributed by atoms with E-state index >= 15 is 0 Å². The molecule has 1 aliphatic carbocycles. The van der Waals surface area contributed by atoms with E-state index in [0.29, 0.717) is 0 Å². The molecular formula is C12H17NS. The van der Waals surface area contributed by atoms with Crippen molar-refractivity contribution in [2.75, 3.05) is 0 Å². The van der Waals surface area contributed by atoms with Crippen LogP contribution in [0.2, 0.25) is 0 Å². The van der Waals surface area contributed by atoms with Gasteiger partial charge < -0.3 is 5.32 Å². The number of nitrogens with one attached hydrogen (secondary N) is 1. The molecule has 0 amide bonds. The van der Waals surface area contributed by atoms with Gasteiger partial charge in [0.1, 0.15) is 0 Å². The Morgan fingerprint density at radius 2 is 2.36 bits per heavy atom. The molecular weight excluding hydrogens is 190 g/mol. The van der Waals surface area contributed by atoms with E-state index in [1.165, 1.54) is 28.3 Å². The van der Waals surface area contributed by atoms with Crippen LogP contribution < -0.4 is 5.32 Å². The van der Waals surface area contributed by atoms with Gasteiger partial charge in [-0.3, -0.25) is 0 Å². The molecule has 0 radical (unpaired) electrons. The largest absolute Gasteiger partial charge is 0.384 e. The summed E-state index contributed by atoms with van der Waals surface area (Å²) in [4.78, 5) is 2.83. The summed E-state index contributed by atoms with van der Waals surface area (Å²) in [5.41, 5.74) is 1.43. The molecule has 2 rings (SSSR count). The predicted octanol–water partition coefficient (Wildman–Crippen LogP) is 3.46. The lowest BCUT2D eigenvalue weighted by atomic mass is 10.1. The van der Waals surface area contributed by atoms with Crippen LogP contribution in [0, 0.1) is 12.8 Å². The second-order valence-corrected chi connectivity index (χ2v) is 5.51. The summed E-state index contributed by atoms with van der Waals surface area (Å²) in [5, 5.41) is 3.51. The van der Waals surface area contributed by atoms with E-state index in [2.05, 4.69) is 37.4 Å². The summed E-state index contributed by atoms with van der Waals surface area (Å²) < 4.78 is 0. The fourth-order valence-corrected chi connectivity index (χ4v) is 2.64. The third-order valence-electron chi connectivity index (χ3n) is 2.62. The highest BCUT2D eigenvalue weighted by molar-refractivity contribution is 7.11. The van der Waals surface area contributed by atoms with Crippen LogP contribution in [0.5, 0.6) is 0 Å². The van der Waals surface area contributed by atoms with Gasteiger partial charge in [0.05, 0.1) is 0 Å². The van der Waals surface area contributed by atoms with E-state index < -0.39 is 0 Å². The highest BCUT2D eigenvalue weighted by Gasteiger charge is 2.11. The summed E-state index contributed by atoms with van der Waals surface area (Å²) in [6.45, 7) is 5.46. The zero-order valence-electron chi connectivity index (χ0n) is 8.84. The lowest BCUT2D eigenvalue weighted by Crippen LogP contribution is -2.10. The molecule has 0 aromatic carbocycles. The average molecular weight is 207 g/mol. The molecule has 1 aromatic heterocycles. The van der Waals surface area contributed by atoms with E-state index in [1.807, 2.05) is 11.3 Å². The van der Waals surface area contributed by atoms with Crippen molar-refractivity contribution in [3.05, 3.63) is 33.7 Å². The maximum absolute atomic E-state index is 3.51. The summed E-state index contributed by atoms with van der Waals surface area (Å²) in [7, 11) is 0. The molecule has 1 unspecified atom stereocenters. The summed E-state index contributed by atoms with van der Waals surface area (Å²) in [6.07, 6.45) is 4.81. The first-order chi connectivity index (χ1) is 6.74. The predicted molar refractivity (Wildman–Crippen MR) is 62.4 cm³/mol. The lowest BCUT2D eigenvalue weighted by Gasteiger charge is -2.06. The Morgan fingerprint density at radius 1 is 1.50 bits per heavy atom. The van der Waals surface area contributed by atoms with E-state index in [-0.39, 0.29) is 0 Å². The van der Waals surface area contributed by atoms with Gasteiger partial charge in [0, 0.05) is 22.0 Å². The fraction of sp³-hybridized carbons (Fsp3) is 0.500. The Labute approximate surface area is 89.8 Å². The Morgan fingerprint density at radius 3 is 2.93 bits per heavy atom. The summed E-state index contributed by atoms with van der Waals surface area (Å²) in [5.74, 6) is 0.836. The molecule has 2 heteroatoms. The van der Waals surface area contributed by atoms with Crippen molar-refractivity contribution in [1.82, 2.24) is 5.32 Å². The van der Waals surface area contributed by atoms with Gasteiger partial charge >= 0.3 is 0 Å². The van der Waals surface area contributed by atoms with E-state index in [4.69, 9.17) is 0 Å². The molecule has 1 nitrogen and oxygen atoms in total. The van der Waals surface area contributed by atoms with Crippen molar-refractivity contribution >= 4 is 11.3 Å². The smallest absolute Gasteiger partial charge is 0.0491 e. The van der Waals surface area contributed by atoms with Crippen LogP contribution in [0.4, 0.5) is 0 Å². The number of hydrogen-bond acceptors (Lipinski definition) is 2. The minimum atomic E-state index is 0.836. The van der Waals surface area contributed by atoms with Crippen LogP contribution in [0.15, 0.2) is 23.9 Å². The second-order valence-electron chi connectivity index (χ2n) is 4.14. The molecule has 76 valence electrons. The van der Waals surface area contributed by atoms with Crippen LogP contribution in [-0.2, 0) is 6.54 Å². The number of allylic oxidation sites excluding steroid dienone is 2. The minimum Gasteiger partial charge on any atom is -0.384 e. The maximum atomic E-state index is 3.51. The molecule has 0 saturated carbocycles. The molecule has 1 N–H and O–H groups in total. The molecule has 1 aliphatic rings. The Bertz CT molecular complexity index is 338. The SMILES string of the molecule is Cc1ccc(CNC2=CCC(C)C2)s1. The van der Waals surface area contributed by atoms with Crippen molar-refractivity contribution in [2.24, 2.45) is 5.92 Å². The van der Waals surface area contributed by atoms with Gasteiger partial charge in [-0.25, -0.2) is 0 Å². The standard InChI is InChI=1S/C12H17NS/c1-9-3-5-11(7-9)13-8-12-6-4-10(2)14-12/h4-6,9,13H,3,7-8H2,1-2H3. The quantitative estimate of drug-likeness (QED) is 0.800. The van der Waals surface area contributed by atoms with Gasteiger partial charge in [0.15, 0.2) is 0 Å². The number of thiophene rings is 1. The Kier molecular flexibility index (Phi) is 2.92. The Hall–Kier alpha value is -0.760. The molecule has 0 fully saturated rings. The van der Waals surface area contributed by atoms with Gasteiger partial charge in [-0.2, -0.15) is 0 Å². The van der Waals surface area contributed by atoms with Gasteiger partial charge in [-0.05, 0) is 37.8 Å². The van der Waals surface area contributed by atoms with Gasteiger partial charge in [0.25, 0.3) is 0 Å². The first-order valence-electron chi connectivity index (χ1n) is 5.22. The van der Waals surface area contributed by atoms with E-state index in [9.17, 15) is 0 Å². The summed E-state index contributed by atoms with van der Waals surface area (Å²) >= 11 is 1.88. The van der Waals surface area contributed by atoms with Crippen molar-refractivity contribution in [1.29, 1.82) is 0 Å². The van der Waals surface area contributed by atoms with E-state index in [0.717, 1.165) is 12.5 Å². The van der Waals surface area contributed by atoms with Crippen molar-refractivity contribution in [3.8, 4) is 0 Å². The first kappa shape index (κ1) is 9.78. The van der Waals surface area contributed by atoms with Gasteiger partial charge in [-0.15, -0.1) is 11.3 Å². The number of aryl methyl sites for hydroxylation is 1. The van der Waals surface area contributed by atoms with Crippen LogP contribution in [0.3, 0.4) is 0 Å². The lowest BCUT2D eigenvalue weighted by molar-refractivity contribution is 0.606. The molecule has 0 aliphatic heterocycles. The number of hydrogen-bond donors (Lipinski definition) is 1. The normalized spacial score (nSPS) is 21.0. The van der Waals surface area contributed by atoms with Gasteiger partial charge in [-0.1, -0.05) is 13.0 Å². The molecule has 1 heterocycles. The van der Waals surface area contributed by atoms with E-state index in [1.54, 1.807) is 0 Å². The zero-order valence-corrected chi connectivity index (χ0v) is 9.66. The molecule has 1 atom stereocenters. The van der Waals surface area contributed by atoms with Crippen molar-refractivity contribution in [2.45, 2.75) is 33.2 Å². The fourth-order valence-electron chi connectivity index (χ4n) is 1.81. The molecule has 14 heavy (non-hydrogen) atoms. The third-order valence-corrected chi connectivity index (χ3v) is 3.62. The van der Waals surface area contributed by atoms with Crippen LogP contribution in [-0.4, -0.2) is 0 Å². The maximum Gasteiger partial charge on any atom is 0.0491 e. The average Bonchev–Trinajstić information content (AvgIpc) is 2.72. The highest BCUT2D eigenvalue weighted by atomic mass is 32.1. The first-order valence-corrected chi connectivity index (χ1v) is 6.04. The van der Waals surface area contributed by atoms with Gasteiger partial charge in [0.2, 0.25) is 0 Å². The van der Waals surface area contributed by atoms with Crippen molar-refractivity contribution in [3.63, 3.8) is 0 Å². The molecule has 0 bridgehead atoms. The monoisotopic (exact) mass is 207 g/mol. The van der Waals surface area contributed by atoms with Crippen LogP contribution in [0.1, 0.15) is 29.5 Å². The van der Waals surface area contributed by atoms with Crippen LogP contribution in [0.25, 0.3) is 0 Å². The molecule has 1 aromatic rings. The van der Waals surface area contributed by atoms with Crippen LogP contribution >= 0.6 is 11.3 Å². The topological polar surface area (TPSA) is 12.0 Å². The third kappa shape index (κ3) is 2.38. The highest BCUT2D eigenvalue weighted by Crippen LogP contribution is 2.23. The Balaban J connectivity index is 1.83. The minimum absolute atomic E-state index is 0.836. The zero-order chi connectivity index (χ0) is 9.97. The van der Waals surface area contributed by atoms with Crippen molar-refractivity contribution < 1.29 is 0 Å².